The van der Waals surface area contributed by atoms with Crippen LogP contribution in [-0.4, -0.2) is 37.1 Å². The molecule has 0 unspecified atom stereocenters. The van der Waals surface area contributed by atoms with Crippen molar-refractivity contribution >= 4 is 24.0 Å². The van der Waals surface area contributed by atoms with Gasteiger partial charge in [0.25, 0.3) is 0 Å². The number of amides is 2. The lowest BCUT2D eigenvalue weighted by Gasteiger charge is -2.08. The van der Waals surface area contributed by atoms with Gasteiger partial charge in [0.1, 0.15) is 0 Å². The zero-order valence-electron chi connectivity index (χ0n) is 12.8. The number of methoxy groups -OCH3 is 1. The van der Waals surface area contributed by atoms with Gasteiger partial charge in [0, 0.05) is 13.0 Å². The molecule has 2 amide bonds. The molecule has 0 saturated heterocycles. The Labute approximate surface area is 132 Å². The molecule has 1 aromatic rings. The summed E-state index contributed by atoms with van der Waals surface area (Å²) in [5.74, 6) is -1.35. The SMILES string of the molecule is COc1cc(/C=N\NC(=O)C(=O)NC2CC2)ccc1OC(C)=O. The van der Waals surface area contributed by atoms with Crippen LogP contribution in [0.25, 0.3) is 0 Å². The Kier molecular flexibility index (Phi) is 5.29. The van der Waals surface area contributed by atoms with Crippen molar-refractivity contribution in [2.45, 2.75) is 25.8 Å². The normalized spacial score (nSPS) is 13.5. The number of benzene rings is 1. The lowest BCUT2D eigenvalue weighted by atomic mass is 10.2. The maximum Gasteiger partial charge on any atom is 0.329 e. The van der Waals surface area contributed by atoms with E-state index in [0.717, 1.165) is 12.8 Å². The highest BCUT2D eigenvalue weighted by molar-refractivity contribution is 6.35. The number of carbonyl (C=O) groups excluding carboxylic acids is 3. The van der Waals surface area contributed by atoms with Crippen LogP contribution in [0, 0.1) is 0 Å². The Bertz CT molecular complexity index is 653. The summed E-state index contributed by atoms with van der Waals surface area (Å²) in [6.07, 6.45) is 3.15. The van der Waals surface area contributed by atoms with Crippen LogP contribution >= 0.6 is 0 Å². The molecule has 0 atom stereocenters. The van der Waals surface area contributed by atoms with Gasteiger partial charge in [-0.25, -0.2) is 5.43 Å². The summed E-state index contributed by atoms with van der Waals surface area (Å²) in [6.45, 7) is 1.29. The fourth-order valence-electron chi connectivity index (χ4n) is 1.70. The lowest BCUT2D eigenvalue weighted by molar-refractivity contribution is -0.139. The first kappa shape index (κ1) is 16.5. The Hall–Kier alpha value is -2.90. The highest BCUT2D eigenvalue weighted by atomic mass is 16.6. The largest absolute Gasteiger partial charge is 0.493 e. The summed E-state index contributed by atoms with van der Waals surface area (Å²) in [4.78, 5) is 33.9. The summed E-state index contributed by atoms with van der Waals surface area (Å²) < 4.78 is 10.1. The van der Waals surface area contributed by atoms with Gasteiger partial charge < -0.3 is 14.8 Å². The summed E-state index contributed by atoms with van der Waals surface area (Å²) >= 11 is 0. The molecule has 2 N–H and O–H groups in total. The molecule has 8 heteroatoms. The average molecular weight is 319 g/mol. The number of hydrogen-bond acceptors (Lipinski definition) is 6. The summed E-state index contributed by atoms with van der Waals surface area (Å²) in [6, 6.07) is 4.86. The van der Waals surface area contributed by atoms with Crippen molar-refractivity contribution in [2.75, 3.05) is 7.11 Å². The van der Waals surface area contributed by atoms with Crippen LogP contribution in [0.1, 0.15) is 25.3 Å². The number of hydrogen-bond donors (Lipinski definition) is 2. The second-order valence-electron chi connectivity index (χ2n) is 4.95. The van der Waals surface area contributed by atoms with Crippen LogP contribution in [0.4, 0.5) is 0 Å². The maximum atomic E-state index is 11.5. The van der Waals surface area contributed by atoms with Gasteiger partial charge in [-0.2, -0.15) is 5.10 Å². The molecule has 1 aliphatic rings. The third-order valence-corrected chi connectivity index (χ3v) is 2.94. The van der Waals surface area contributed by atoms with Gasteiger partial charge in [-0.05, 0) is 36.6 Å². The first-order chi connectivity index (χ1) is 11.0. The Morgan fingerprint density at radius 1 is 1.22 bits per heavy atom. The van der Waals surface area contributed by atoms with E-state index in [-0.39, 0.29) is 11.8 Å². The van der Waals surface area contributed by atoms with E-state index in [1.54, 1.807) is 18.2 Å². The van der Waals surface area contributed by atoms with Crippen molar-refractivity contribution in [3.8, 4) is 11.5 Å². The minimum atomic E-state index is -0.823. The molecule has 122 valence electrons. The quantitative estimate of drug-likeness (QED) is 0.268. The maximum absolute atomic E-state index is 11.5. The van der Waals surface area contributed by atoms with Crippen molar-refractivity contribution in [3.05, 3.63) is 23.8 Å². The molecule has 0 bridgehead atoms. The number of ether oxygens (including phenoxy) is 2. The number of nitrogens with zero attached hydrogens (tertiary/aromatic N) is 1. The van der Waals surface area contributed by atoms with Crippen molar-refractivity contribution in [3.63, 3.8) is 0 Å². The zero-order valence-corrected chi connectivity index (χ0v) is 12.8. The first-order valence-electron chi connectivity index (χ1n) is 7.00. The second kappa shape index (κ2) is 7.39. The van der Waals surface area contributed by atoms with Gasteiger partial charge in [-0.15, -0.1) is 0 Å². The molecule has 1 aromatic carbocycles. The molecule has 0 aliphatic heterocycles. The third kappa shape index (κ3) is 5.10. The van der Waals surface area contributed by atoms with E-state index >= 15 is 0 Å². The van der Waals surface area contributed by atoms with Crippen molar-refractivity contribution in [1.82, 2.24) is 10.7 Å². The molecule has 0 radical (unpaired) electrons. The number of carbonyl (C=O) groups is 3. The number of hydrazone groups is 1. The predicted molar refractivity (Wildman–Crippen MR) is 81.2 cm³/mol. The van der Waals surface area contributed by atoms with E-state index < -0.39 is 17.8 Å². The van der Waals surface area contributed by atoms with E-state index in [1.165, 1.54) is 20.2 Å². The molecule has 2 rings (SSSR count). The molecule has 1 saturated carbocycles. The van der Waals surface area contributed by atoms with E-state index in [2.05, 4.69) is 15.8 Å². The minimum absolute atomic E-state index is 0.107. The van der Waals surface area contributed by atoms with Gasteiger partial charge in [-0.1, -0.05) is 0 Å². The van der Waals surface area contributed by atoms with Crippen LogP contribution in [0.3, 0.4) is 0 Å². The smallest absolute Gasteiger partial charge is 0.329 e. The third-order valence-electron chi connectivity index (χ3n) is 2.94. The van der Waals surface area contributed by atoms with Crippen LogP contribution in [-0.2, 0) is 14.4 Å². The van der Waals surface area contributed by atoms with Crippen LogP contribution < -0.4 is 20.2 Å². The Morgan fingerprint density at radius 2 is 1.96 bits per heavy atom. The highest BCUT2D eigenvalue weighted by Crippen LogP contribution is 2.27. The molecular weight excluding hydrogens is 302 g/mol. The highest BCUT2D eigenvalue weighted by Gasteiger charge is 2.26. The second-order valence-corrected chi connectivity index (χ2v) is 4.95. The molecule has 1 aliphatic carbocycles. The van der Waals surface area contributed by atoms with E-state index in [4.69, 9.17) is 9.47 Å². The van der Waals surface area contributed by atoms with Gasteiger partial charge in [0.15, 0.2) is 11.5 Å². The summed E-state index contributed by atoms with van der Waals surface area (Å²) in [5, 5.41) is 6.26. The van der Waals surface area contributed by atoms with Gasteiger partial charge in [0.05, 0.1) is 13.3 Å². The molecule has 0 heterocycles. The van der Waals surface area contributed by atoms with Gasteiger partial charge in [-0.3, -0.25) is 14.4 Å². The number of rotatable bonds is 5. The monoisotopic (exact) mass is 319 g/mol. The standard InChI is InChI=1S/C15H17N3O5/c1-9(19)23-12-6-3-10(7-13(12)22-2)8-16-18-15(21)14(20)17-11-4-5-11/h3,6-8,11H,4-5H2,1-2H3,(H,17,20)(H,18,21)/b16-8-. The molecule has 8 nitrogen and oxygen atoms in total. The fraction of sp³-hybridized carbons (Fsp3) is 0.333. The van der Waals surface area contributed by atoms with Crippen molar-refractivity contribution < 1.29 is 23.9 Å². The topological polar surface area (TPSA) is 106 Å². The minimum Gasteiger partial charge on any atom is -0.493 e. The molecule has 1 fully saturated rings. The summed E-state index contributed by atoms with van der Waals surface area (Å²) in [5.41, 5.74) is 2.74. The molecule has 23 heavy (non-hydrogen) atoms. The number of esters is 1. The van der Waals surface area contributed by atoms with Gasteiger partial charge >= 0.3 is 17.8 Å². The number of nitrogens with one attached hydrogen (secondary N) is 2. The average Bonchev–Trinajstić information content (AvgIpc) is 3.31. The Balaban J connectivity index is 1.94. The predicted octanol–water partition coefficient (Wildman–Crippen LogP) is 0.349. The molecule has 0 spiro atoms. The molecular formula is C15H17N3O5. The van der Waals surface area contributed by atoms with Crippen LogP contribution in [0.15, 0.2) is 23.3 Å². The van der Waals surface area contributed by atoms with E-state index in [0.29, 0.717) is 11.3 Å². The van der Waals surface area contributed by atoms with E-state index in [1.807, 2.05) is 0 Å². The van der Waals surface area contributed by atoms with Crippen molar-refractivity contribution in [1.29, 1.82) is 0 Å². The first-order valence-corrected chi connectivity index (χ1v) is 7.00. The fourth-order valence-corrected chi connectivity index (χ4v) is 1.70. The molecule has 0 aromatic heterocycles. The van der Waals surface area contributed by atoms with Gasteiger partial charge in [0.2, 0.25) is 0 Å². The van der Waals surface area contributed by atoms with Crippen LogP contribution in [0.2, 0.25) is 0 Å². The zero-order chi connectivity index (χ0) is 16.8. The van der Waals surface area contributed by atoms with Crippen LogP contribution in [0.5, 0.6) is 11.5 Å². The van der Waals surface area contributed by atoms with E-state index in [9.17, 15) is 14.4 Å². The summed E-state index contributed by atoms with van der Waals surface area (Å²) in [7, 11) is 1.44. The lowest BCUT2D eigenvalue weighted by Crippen LogP contribution is -2.38. The Morgan fingerprint density at radius 3 is 2.57 bits per heavy atom. The van der Waals surface area contributed by atoms with Crippen molar-refractivity contribution in [2.24, 2.45) is 5.10 Å².